The number of hydrogen-bond acceptors (Lipinski definition) is 5. The van der Waals surface area contributed by atoms with Gasteiger partial charge in [-0.3, -0.25) is 5.10 Å². The lowest BCUT2D eigenvalue weighted by Crippen LogP contribution is -2.08. The van der Waals surface area contributed by atoms with Crippen molar-refractivity contribution in [1.29, 1.82) is 0 Å². The van der Waals surface area contributed by atoms with E-state index in [-0.39, 0.29) is 0 Å². The highest BCUT2D eigenvalue weighted by Crippen LogP contribution is 2.05. The summed E-state index contributed by atoms with van der Waals surface area (Å²) < 4.78 is 0. The van der Waals surface area contributed by atoms with E-state index in [2.05, 4.69) is 37.4 Å². The molecule has 0 saturated heterocycles. The van der Waals surface area contributed by atoms with Crippen molar-refractivity contribution in [1.82, 2.24) is 25.1 Å². The van der Waals surface area contributed by atoms with E-state index in [0.29, 0.717) is 0 Å². The molecule has 0 spiro atoms. The summed E-state index contributed by atoms with van der Waals surface area (Å²) in [6.07, 6.45) is 5.99. The number of anilines is 1. The second-order valence-electron chi connectivity index (χ2n) is 3.75. The van der Waals surface area contributed by atoms with Gasteiger partial charge in [-0.1, -0.05) is 13.3 Å². The van der Waals surface area contributed by atoms with E-state index in [0.717, 1.165) is 43.1 Å². The predicted molar refractivity (Wildman–Crippen MR) is 64.6 cm³/mol. The molecule has 90 valence electrons. The van der Waals surface area contributed by atoms with Crippen LogP contribution in [-0.2, 0) is 12.8 Å². The van der Waals surface area contributed by atoms with E-state index in [9.17, 15) is 0 Å². The van der Waals surface area contributed by atoms with E-state index in [1.807, 2.05) is 6.07 Å². The van der Waals surface area contributed by atoms with Crippen molar-refractivity contribution >= 4 is 5.82 Å². The van der Waals surface area contributed by atoms with Crippen molar-refractivity contribution in [3.63, 3.8) is 0 Å². The van der Waals surface area contributed by atoms with Crippen molar-refractivity contribution in [3.05, 3.63) is 30.2 Å². The van der Waals surface area contributed by atoms with Gasteiger partial charge < -0.3 is 5.32 Å². The summed E-state index contributed by atoms with van der Waals surface area (Å²) in [5.74, 6) is 1.74. The maximum absolute atomic E-state index is 4.21. The third-order valence-corrected chi connectivity index (χ3v) is 2.36. The van der Waals surface area contributed by atoms with Gasteiger partial charge in [-0.25, -0.2) is 15.0 Å². The van der Waals surface area contributed by atoms with Crippen LogP contribution in [0.5, 0.6) is 0 Å². The van der Waals surface area contributed by atoms with Crippen LogP contribution in [0.4, 0.5) is 5.82 Å². The molecule has 0 fully saturated rings. The van der Waals surface area contributed by atoms with Crippen molar-refractivity contribution in [3.8, 4) is 0 Å². The first-order chi connectivity index (χ1) is 8.38. The van der Waals surface area contributed by atoms with Crippen LogP contribution in [0, 0.1) is 0 Å². The highest BCUT2D eigenvalue weighted by atomic mass is 15.2. The van der Waals surface area contributed by atoms with Crippen molar-refractivity contribution < 1.29 is 0 Å². The van der Waals surface area contributed by atoms with Crippen molar-refractivity contribution in [2.45, 2.75) is 26.2 Å². The Morgan fingerprint density at radius 1 is 1.18 bits per heavy atom. The number of aromatic nitrogens is 5. The minimum absolute atomic E-state index is 0.776. The average Bonchev–Trinajstić information content (AvgIpc) is 2.83. The number of nitrogens with one attached hydrogen (secondary N) is 2. The SMILES string of the molecule is CCCc1cc(NCCc2ncn[nH]2)ncn1. The Balaban J connectivity index is 1.84. The van der Waals surface area contributed by atoms with Crippen LogP contribution in [0.3, 0.4) is 0 Å². The van der Waals surface area contributed by atoms with Crippen molar-refractivity contribution in [2.75, 3.05) is 11.9 Å². The summed E-state index contributed by atoms with van der Waals surface area (Å²) in [6, 6.07) is 1.99. The molecule has 2 aromatic heterocycles. The summed E-state index contributed by atoms with van der Waals surface area (Å²) in [4.78, 5) is 12.4. The molecule has 2 heterocycles. The van der Waals surface area contributed by atoms with Gasteiger partial charge in [0, 0.05) is 24.7 Å². The van der Waals surface area contributed by atoms with E-state index >= 15 is 0 Å². The van der Waals surface area contributed by atoms with Gasteiger partial charge in [0.2, 0.25) is 0 Å². The van der Waals surface area contributed by atoms with Gasteiger partial charge in [0.25, 0.3) is 0 Å². The summed E-state index contributed by atoms with van der Waals surface area (Å²) >= 11 is 0. The second-order valence-corrected chi connectivity index (χ2v) is 3.75. The van der Waals surface area contributed by atoms with Gasteiger partial charge in [-0.2, -0.15) is 5.10 Å². The molecule has 0 radical (unpaired) electrons. The Morgan fingerprint density at radius 3 is 2.88 bits per heavy atom. The quantitative estimate of drug-likeness (QED) is 0.782. The zero-order chi connectivity index (χ0) is 11.9. The Labute approximate surface area is 99.9 Å². The number of aromatic amines is 1. The summed E-state index contributed by atoms with van der Waals surface area (Å²) in [5, 5.41) is 9.86. The minimum atomic E-state index is 0.776. The average molecular weight is 232 g/mol. The molecule has 0 saturated carbocycles. The first-order valence-electron chi connectivity index (χ1n) is 5.77. The lowest BCUT2D eigenvalue weighted by Gasteiger charge is -2.05. The predicted octanol–water partition coefficient (Wildman–Crippen LogP) is 1.20. The summed E-state index contributed by atoms with van der Waals surface area (Å²) in [6.45, 7) is 2.91. The molecule has 0 aliphatic carbocycles. The smallest absolute Gasteiger partial charge is 0.137 e. The molecule has 2 aromatic rings. The molecular weight excluding hydrogens is 216 g/mol. The number of H-pyrrole nitrogens is 1. The first kappa shape index (κ1) is 11.5. The Hall–Kier alpha value is -1.98. The van der Waals surface area contributed by atoms with E-state index in [4.69, 9.17) is 0 Å². The molecule has 6 heteroatoms. The molecule has 6 nitrogen and oxygen atoms in total. The maximum atomic E-state index is 4.21. The molecule has 0 unspecified atom stereocenters. The molecule has 0 aromatic carbocycles. The molecule has 0 aliphatic heterocycles. The van der Waals surface area contributed by atoms with Gasteiger partial charge in [-0.15, -0.1) is 0 Å². The van der Waals surface area contributed by atoms with Crippen LogP contribution in [0.15, 0.2) is 18.7 Å². The second kappa shape index (κ2) is 5.93. The van der Waals surface area contributed by atoms with E-state index in [1.54, 1.807) is 6.33 Å². The summed E-state index contributed by atoms with van der Waals surface area (Å²) in [5.41, 5.74) is 1.07. The molecular formula is C11H16N6. The molecule has 0 bridgehead atoms. The zero-order valence-corrected chi connectivity index (χ0v) is 9.85. The number of rotatable bonds is 6. The summed E-state index contributed by atoms with van der Waals surface area (Å²) in [7, 11) is 0. The van der Waals surface area contributed by atoms with Gasteiger partial charge in [-0.05, 0) is 6.42 Å². The highest BCUT2D eigenvalue weighted by Gasteiger charge is 1.99. The van der Waals surface area contributed by atoms with Crippen LogP contribution in [-0.4, -0.2) is 31.7 Å². The lowest BCUT2D eigenvalue weighted by atomic mass is 10.2. The van der Waals surface area contributed by atoms with Crippen molar-refractivity contribution in [2.24, 2.45) is 0 Å². The van der Waals surface area contributed by atoms with Gasteiger partial charge in [0.05, 0.1) is 0 Å². The number of hydrogen-bond donors (Lipinski definition) is 2. The third-order valence-electron chi connectivity index (χ3n) is 2.36. The largest absolute Gasteiger partial charge is 0.370 e. The Bertz CT molecular complexity index is 439. The van der Waals surface area contributed by atoms with Gasteiger partial charge >= 0.3 is 0 Å². The fraction of sp³-hybridized carbons (Fsp3) is 0.455. The van der Waals surface area contributed by atoms with Crippen LogP contribution < -0.4 is 5.32 Å². The number of aryl methyl sites for hydroxylation is 1. The van der Waals surface area contributed by atoms with E-state index in [1.165, 1.54) is 6.33 Å². The normalized spacial score (nSPS) is 10.4. The Morgan fingerprint density at radius 2 is 2.12 bits per heavy atom. The molecule has 2 rings (SSSR count). The van der Waals surface area contributed by atoms with E-state index < -0.39 is 0 Å². The fourth-order valence-corrected chi connectivity index (χ4v) is 1.55. The van der Waals surface area contributed by atoms with Gasteiger partial charge in [0.1, 0.15) is 24.3 Å². The molecule has 0 amide bonds. The van der Waals surface area contributed by atoms with Crippen LogP contribution >= 0.6 is 0 Å². The molecule has 0 atom stereocenters. The van der Waals surface area contributed by atoms with Crippen LogP contribution in [0.2, 0.25) is 0 Å². The number of nitrogens with zero attached hydrogens (tertiary/aromatic N) is 4. The monoisotopic (exact) mass is 232 g/mol. The van der Waals surface area contributed by atoms with Crippen LogP contribution in [0.1, 0.15) is 24.9 Å². The lowest BCUT2D eigenvalue weighted by molar-refractivity contribution is 0.865. The maximum Gasteiger partial charge on any atom is 0.137 e. The topological polar surface area (TPSA) is 79.4 Å². The van der Waals surface area contributed by atoms with Gasteiger partial charge in [0.15, 0.2) is 0 Å². The fourth-order valence-electron chi connectivity index (χ4n) is 1.55. The van der Waals surface area contributed by atoms with Crippen LogP contribution in [0.25, 0.3) is 0 Å². The minimum Gasteiger partial charge on any atom is -0.370 e. The standard InChI is InChI=1S/C11H16N6/c1-2-3-9-6-11(14-7-13-9)12-5-4-10-15-8-16-17-10/h6-8H,2-5H2,1H3,(H,12,13,14)(H,15,16,17). The third kappa shape index (κ3) is 3.51. The highest BCUT2D eigenvalue weighted by molar-refractivity contribution is 5.34. The first-order valence-corrected chi connectivity index (χ1v) is 5.77. The molecule has 17 heavy (non-hydrogen) atoms. The molecule has 2 N–H and O–H groups in total. The zero-order valence-electron chi connectivity index (χ0n) is 9.85. The molecule has 0 aliphatic rings. The Kier molecular flexibility index (Phi) is 4.01.